The number of hydrogen-bond donors (Lipinski definition) is 1. The van der Waals surface area contributed by atoms with Crippen LogP contribution in [-0.4, -0.2) is 36.4 Å². The smallest absolute Gasteiger partial charge is 0.161 e. The molecule has 0 aromatic heterocycles. The first-order chi connectivity index (χ1) is 8.91. The zero-order valence-corrected chi connectivity index (χ0v) is 12.5. The number of aliphatic imine (C=N–C) groups is 1. The molecule has 19 heavy (non-hydrogen) atoms. The first-order valence-electron chi connectivity index (χ1n) is 6.21. The van der Waals surface area contributed by atoms with Crippen LogP contribution in [0.15, 0.2) is 23.2 Å². The van der Waals surface area contributed by atoms with Crippen molar-refractivity contribution in [1.82, 2.24) is 0 Å². The Balaban J connectivity index is 1.76. The Morgan fingerprint density at radius 3 is 2.53 bits per heavy atom. The molecule has 0 spiro atoms. The number of sulfone groups is 1. The van der Waals surface area contributed by atoms with Crippen LogP contribution in [-0.2, 0) is 9.84 Å². The molecule has 0 bridgehead atoms. The first kappa shape index (κ1) is 13.0. The van der Waals surface area contributed by atoms with E-state index in [2.05, 4.69) is 42.4 Å². The molecule has 1 saturated heterocycles. The molecular weight excluding hydrogens is 280 g/mol. The van der Waals surface area contributed by atoms with Crippen molar-refractivity contribution in [3.05, 3.63) is 29.3 Å². The minimum atomic E-state index is -2.87. The summed E-state index contributed by atoms with van der Waals surface area (Å²) in [5, 5.41) is 4.23. The third-order valence-electron chi connectivity index (χ3n) is 3.29. The van der Waals surface area contributed by atoms with Crippen molar-refractivity contribution in [1.29, 1.82) is 0 Å². The molecule has 0 unspecified atom stereocenters. The Bertz CT molecular complexity index is 632. The topological polar surface area (TPSA) is 58.5 Å². The summed E-state index contributed by atoms with van der Waals surface area (Å²) in [7, 11) is -2.87. The SMILES string of the molecule is Cc1cc(C)cc(NC2=N[C@@H]3CS(=O)(=O)C[C@@H]3S2)c1. The molecule has 0 saturated carbocycles. The summed E-state index contributed by atoms with van der Waals surface area (Å²) >= 11 is 1.55. The van der Waals surface area contributed by atoms with Gasteiger partial charge in [0.05, 0.1) is 17.5 Å². The van der Waals surface area contributed by atoms with Crippen LogP contribution in [0.25, 0.3) is 0 Å². The van der Waals surface area contributed by atoms with E-state index in [1.165, 1.54) is 11.1 Å². The first-order valence-corrected chi connectivity index (χ1v) is 8.92. The van der Waals surface area contributed by atoms with Crippen LogP contribution in [0.1, 0.15) is 11.1 Å². The Kier molecular flexibility index (Phi) is 3.09. The van der Waals surface area contributed by atoms with E-state index in [0.717, 1.165) is 10.9 Å². The maximum atomic E-state index is 11.5. The standard InChI is InChI=1S/C13H16N2O2S2/c1-8-3-9(2)5-10(4-8)14-13-15-11-6-19(16,17)7-12(11)18-13/h3-5,11-12H,6-7H2,1-2H3,(H,14,15)/t11-,12+/m1/s1. The van der Waals surface area contributed by atoms with Crippen LogP contribution in [0.5, 0.6) is 0 Å². The van der Waals surface area contributed by atoms with Crippen LogP contribution in [0.3, 0.4) is 0 Å². The average Bonchev–Trinajstić information content (AvgIpc) is 2.68. The van der Waals surface area contributed by atoms with Crippen LogP contribution in [0.2, 0.25) is 0 Å². The maximum absolute atomic E-state index is 11.5. The van der Waals surface area contributed by atoms with Gasteiger partial charge in [0.1, 0.15) is 0 Å². The second-order valence-corrected chi connectivity index (χ2v) is 8.62. The Labute approximate surface area is 117 Å². The number of rotatable bonds is 1. The van der Waals surface area contributed by atoms with Crippen LogP contribution in [0, 0.1) is 13.8 Å². The summed E-state index contributed by atoms with van der Waals surface area (Å²) in [5.41, 5.74) is 3.43. The zero-order chi connectivity index (χ0) is 13.6. The van der Waals surface area contributed by atoms with Gasteiger partial charge in [0, 0.05) is 10.9 Å². The second kappa shape index (κ2) is 4.52. The summed E-state index contributed by atoms with van der Waals surface area (Å²) in [4.78, 5) is 4.49. The largest absolute Gasteiger partial charge is 0.335 e. The molecule has 2 heterocycles. The molecule has 1 aromatic rings. The van der Waals surface area contributed by atoms with Crippen molar-refractivity contribution < 1.29 is 8.42 Å². The van der Waals surface area contributed by atoms with Gasteiger partial charge in [-0.1, -0.05) is 17.8 Å². The van der Waals surface area contributed by atoms with E-state index in [-0.39, 0.29) is 22.8 Å². The van der Waals surface area contributed by atoms with Crippen molar-refractivity contribution >= 4 is 32.5 Å². The number of fused-ring (bicyclic) bond motifs is 1. The molecule has 2 aliphatic rings. The molecule has 0 aliphatic carbocycles. The number of amidine groups is 1. The summed E-state index contributed by atoms with van der Waals surface area (Å²) < 4.78 is 23.0. The molecule has 2 aliphatic heterocycles. The summed E-state index contributed by atoms with van der Waals surface area (Å²) in [6, 6.07) is 6.20. The number of nitrogens with one attached hydrogen (secondary N) is 1. The molecule has 1 N–H and O–H groups in total. The highest BCUT2D eigenvalue weighted by molar-refractivity contribution is 8.15. The lowest BCUT2D eigenvalue weighted by Gasteiger charge is -2.08. The van der Waals surface area contributed by atoms with Gasteiger partial charge in [-0.05, 0) is 37.1 Å². The van der Waals surface area contributed by atoms with Gasteiger partial charge in [-0.3, -0.25) is 4.99 Å². The third kappa shape index (κ3) is 2.79. The van der Waals surface area contributed by atoms with E-state index >= 15 is 0 Å². The number of nitrogens with zero attached hydrogens (tertiary/aromatic N) is 1. The van der Waals surface area contributed by atoms with Crippen LogP contribution >= 0.6 is 11.8 Å². The van der Waals surface area contributed by atoms with Crippen molar-refractivity contribution in [2.24, 2.45) is 4.99 Å². The van der Waals surface area contributed by atoms with Gasteiger partial charge in [0.2, 0.25) is 0 Å². The molecular formula is C13H16N2O2S2. The van der Waals surface area contributed by atoms with Crippen molar-refractivity contribution in [3.63, 3.8) is 0 Å². The van der Waals surface area contributed by atoms with Gasteiger partial charge in [0.15, 0.2) is 15.0 Å². The van der Waals surface area contributed by atoms with E-state index < -0.39 is 9.84 Å². The van der Waals surface area contributed by atoms with E-state index in [4.69, 9.17) is 0 Å². The Morgan fingerprint density at radius 1 is 1.21 bits per heavy atom. The summed E-state index contributed by atoms with van der Waals surface area (Å²) in [6.07, 6.45) is 0. The minimum Gasteiger partial charge on any atom is -0.335 e. The highest BCUT2D eigenvalue weighted by atomic mass is 32.2. The van der Waals surface area contributed by atoms with Gasteiger partial charge >= 0.3 is 0 Å². The molecule has 4 nitrogen and oxygen atoms in total. The lowest BCUT2D eigenvalue weighted by molar-refractivity contribution is 0.601. The number of benzene rings is 1. The number of aryl methyl sites for hydroxylation is 2. The monoisotopic (exact) mass is 296 g/mol. The quantitative estimate of drug-likeness (QED) is 0.861. The molecule has 1 fully saturated rings. The van der Waals surface area contributed by atoms with E-state index in [9.17, 15) is 8.42 Å². The van der Waals surface area contributed by atoms with Gasteiger partial charge < -0.3 is 5.32 Å². The molecule has 0 amide bonds. The molecule has 0 radical (unpaired) electrons. The predicted molar refractivity (Wildman–Crippen MR) is 80.8 cm³/mol. The summed E-state index contributed by atoms with van der Waals surface area (Å²) in [6.45, 7) is 4.12. The van der Waals surface area contributed by atoms with Crippen molar-refractivity contribution in [2.45, 2.75) is 25.1 Å². The van der Waals surface area contributed by atoms with Gasteiger partial charge in [-0.2, -0.15) is 0 Å². The van der Waals surface area contributed by atoms with Gasteiger partial charge in [-0.15, -0.1) is 0 Å². The average molecular weight is 296 g/mol. The molecule has 2 atom stereocenters. The fourth-order valence-electron chi connectivity index (χ4n) is 2.59. The van der Waals surface area contributed by atoms with E-state index in [1.54, 1.807) is 11.8 Å². The summed E-state index contributed by atoms with van der Waals surface area (Å²) in [5.74, 6) is 0.451. The highest BCUT2D eigenvalue weighted by Crippen LogP contribution is 2.34. The zero-order valence-electron chi connectivity index (χ0n) is 10.9. The minimum absolute atomic E-state index is 0.0663. The third-order valence-corrected chi connectivity index (χ3v) is 6.43. The number of anilines is 1. The van der Waals surface area contributed by atoms with Gasteiger partial charge in [0.25, 0.3) is 0 Å². The highest BCUT2D eigenvalue weighted by Gasteiger charge is 2.42. The lowest BCUT2D eigenvalue weighted by atomic mass is 10.1. The molecule has 6 heteroatoms. The predicted octanol–water partition coefficient (Wildman–Crippen LogP) is 1.98. The normalized spacial score (nSPS) is 28.0. The second-order valence-electron chi connectivity index (χ2n) is 5.24. The molecule has 1 aromatic carbocycles. The maximum Gasteiger partial charge on any atom is 0.161 e. The van der Waals surface area contributed by atoms with Crippen molar-refractivity contribution in [2.75, 3.05) is 16.8 Å². The van der Waals surface area contributed by atoms with Crippen molar-refractivity contribution in [3.8, 4) is 0 Å². The fraction of sp³-hybridized carbons (Fsp3) is 0.462. The van der Waals surface area contributed by atoms with E-state index in [1.807, 2.05) is 0 Å². The van der Waals surface area contributed by atoms with Crippen LogP contribution in [0.4, 0.5) is 5.69 Å². The number of thioether (sulfide) groups is 1. The molecule has 102 valence electrons. The molecule has 3 rings (SSSR count). The lowest BCUT2D eigenvalue weighted by Crippen LogP contribution is -2.13. The van der Waals surface area contributed by atoms with Gasteiger partial charge in [-0.25, -0.2) is 8.42 Å². The Morgan fingerprint density at radius 2 is 1.89 bits per heavy atom. The van der Waals surface area contributed by atoms with E-state index in [0.29, 0.717) is 0 Å². The fourth-order valence-corrected chi connectivity index (χ4v) is 6.26. The number of hydrogen-bond acceptors (Lipinski definition) is 5. The Hall–Kier alpha value is -1.01. The van der Waals surface area contributed by atoms with Crippen LogP contribution < -0.4 is 5.32 Å².